The van der Waals surface area contributed by atoms with Gasteiger partial charge in [0.15, 0.2) is 0 Å². The fourth-order valence-electron chi connectivity index (χ4n) is 2.04. The van der Waals surface area contributed by atoms with E-state index in [9.17, 15) is 4.79 Å². The minimum absolute atomic E-state index is 0.0992. The predicted molar refractivity (Wildman–Crippen MR) is 83.1 cm³/mol. The Morgan fingerprint density at radius 2 is 2.24 bits per heavy atom. The van der Waals surface area contributed by atoms with Crippen LogP contribution in [0.15, 0.2) is 42.6 Å². The maximum absolute atomic E-state index is 11.6. The molecule has 0 aromatic carbocycles. The van der Waals surface area contributed by atoms with Gasteiger partial charge in [-0.05, 0) is 24.6 Å². The lowest BCUT2D eigenvalue weighted by Crippen LogP contribution is -2.36. The first-order valence-corrected chi connectivity index (χ1v) is 7.14. The topological polar surface area (TPSA) is 54.5 Å². The predicted octanol–water partition coefficient (Wildman–Crippen LogP) is 1.67. The van der Waals surface area contributed by atoms with Gasteiger partial charge in [-0.25, -0.2) is 4.98 Å². The first-order valence-electron chi connectivity index (χ1n) is 7.14. The molecule has 0 aliphatic carbocycles. The van der Waals surface area contributed by atoms with Gasteiger partial charge in [0.05, 0.1) is 13.2 Å². The van der Waals surface area contributed by atoms with E-state index in [-0.39, 0.29) is 5.91 Å². The summed E-state index contributed by atoms with van der Waals surface area (Å²) in [6.07, 6.45) is 8.72. The molecule has 2 heterocycles. The number of nitrogens with one attached hydrogen (secondary N) is 1. The number of pyridine rings is 1. The number of carbonyl (C=O) groups excluding carboxylic acids is 1. The van der Waals surface area contributed by atoms with Crippen LogP contribution in [-0.2, 0) is 16.1 Å². The van der Waals surface area contributed by atoms with Gasteiger partial charge in [0, 0.05) is 31.9 Å². The molecule has 21 heavy (non-hydrogen) atoms. The zero-order valence-corrected chi connectivity index (χ0v) is 12.3. The van der Waals surface area contributed by atoms with E-state index in [1.165, 1.54) is 6.08 Å². The highest BCUT2D eigenvalue weighted by atomic mass is 16.5. The van der Waals surface area contributed by atoms with Crippen molar-refractivity contribution in [2.45, 2.75) is 13.5 Å². The highest BCUT2D eigenvalue weighted by Crippen LogP contribution is 2.14. The number of morpholine rings is 1. The molecule has 1 N–H and O–H groups in total. The third-order valence-corrected chi connectivity index (χ3v) is 3.16. The summed E-state index contributed by atoms with van der Waals surface area (Å²) in [4.78, 5) is 18.2. The van der Waals surface area contributed by atoms with Crippen molar-refractivity contribution in [3.05, 3.63) is 48.2 Å². The van der Waals surface area contributed by atoms with Crippen molar-refractivity contribution in [2.75, 3.05) is 31.2 Å². The summed E-state index contributed by atoms with van der Waals surface area (Å²) < 4.78 is 5.34. The number of nitrogens with zero attached hydrogens (tertiary/aromatic N) is 2. The number of aromatic nitrogens is 1. The van der Waals surface area contributed by atoms with E-state index in [2.05, 4.69) is 15.2 Å². The number of carbonyl (C=O) groups is 1. The van der Waals surface area contributed by atoms with Crippen molar-refractivity contribution in [1.29, 1.82) is 0 Å². The van der Waals surface area contributed by atoms with Crippen LogP contribution in [0, 0.1) is 0 Å². The molecule has 0 atom stereocenters. The molecular formula is C16H21N3O2. The van der Waals surface area contributed by atoms with Gasteiger partial charge in [0.2, 0.25) is 5.91 Å². The van der Waals surface area contributed by atoms with Gasteiger partial charge in [-0.2, -0.15) is 0 Å². The molecule has 0 unspecified atom stereocenters. The van der Waals surface area contributed by atoms with Crippen molar-refractivity contribution in [3.8, 4) is 0 Å². The second kappa shape index (κ2) is 8.21. The molecule has 1 aromatic heterocycles. The Balaban J connectivity index is 1.90. The molecule has 1 aromatic rings. The Hall–Kier alpha value is -2.14. The van der Waals surface area contributed by atoms with Crippen LogP contribution in [0.4, 0.5) is 5.82 Å². The van der Waals surface area contributed by atoms with Gasteiger partial charge in [-0.15, -0.1) is 0 Å². The molecule has 5 heteroatoms. The normalized spacial score (nSPS) is 15.8. The average molecular weight is 287 g/mol. The van der Waals surface area contributed by atoms with Crippen molar-refractivity contribution in [1.82, 2.24) is 10.3 Å². The quantitative estimate of drug-likeness (QED) is 0.661. The maximum Gasteiger partial charge on any atom is 0.244 e. The number of ether oxygens (including phenoxy) is 1. The van der Waals surface area contributed by atoms with Crippen molar-refractivity contribution < 1.29 is 9.53 Å². The van der Waals surface area contributed by atoms with E-state index in [1.54, 1.807) is 12.3 Å². The summed E-state index contributed by atoms with van der Waals surface area (Å²) in [7, 11) is 0. The first-order chi connectivity index (χ1) is 10.3. The second-order valence-corrected chi connectivity index (χ2v) is 4.72. The monoisotopic (exact) mass is 287 g/mol. The van der Waals surface area contributed by atoms with Crippen molar-refractivity contribution in [3.63, 3.8) is 0 Å². The van der Waals surface area contributed by atoms with Crippen LogP contribution in [-0.4, -0.2) is 37.2 Å². The zero-order chi connectivity index (χ0) is 14.9. The van der Waals surface area contributed by atoms with Crippen LogP contribution in [0.2, 0.25) is 0 Å². The van der Waals surface area contributed by atoms with Crippen LogP contribution in [0.25, 0.3) is 0 Å². The zero-order valence-electron chi connectivity index (χ0n) is 12.3. The summed E-state index contributed by atoms with van der Waals surface area (Å²) in [5.41, 5.74) is 1.04. The largest absolute Gasteiger partial charge is 0.378 e. The smallest absolute Gasteiger partial charge is 0.244 e. The molecule has 5 nitrogen and oxygen atoms in total. The number of hydrogen-bond acceptors (Lipinski definition) is 4. The average Bonchev–Trinajstić information content (AvgIpc) is 2.54. The van der Waals surface area contributed by atoms with Gasteiger partial charge < -0.3 is 15.0 Å². The molecule has 1 aliphatic rings. The second-order valence-electron chi connectivity index (χ2n) is 4.72. The fourth-order valence-corrected chi connectivity index (χ4v) is 2.04. The van der Waals surface area contributed by atoms with Crippen LogP contribution < -0.4 is 10.2 Å². The van der Waals surface area contributed by atoms with Gasteiger partial charge in [0.25, 0.3) is 0 Å². The molecule has 2 rings (SSSR count). The lowest BCUT2D eigenvalue weighted by atomic mass is 10.2. The third-order valence-electron chi connectivity index (χ3n) is 3.16. The molecule has 1 saturated heterocycles. The van der Waals surface area contributed by atoms with E-state index >= 15 is 0 Å². The molecule has 1 amide bonds. The Morgan fingerprint density at radius 3 is 3.00 bits per heavy atom. The van der Waals surface area contributed by atoms with E-state index in [1.807, 2.05) is 31.2 Å². The lowest BCUT2D eigenvalue weighted by Gasteiger charge is -2.28. The van der Waals surface area contributed by atoms with E-state index in [4.69, 9.17) is 4.74 Å². The standard InChI is InChI=1S/C16H21N3O2/c1-2-3-4-5-16(20)18-13-14-6-7-17-15(12-14)19-8-10-21-11-9-19/h2-7,12H,8-11,13H2,1H3,(H,18,20)/b3-2+,5-4+. The Labute approximate surface area is 125 Å². The molecular weight excluding hydrogens is 266 g/mol. The Kier molecular flexibility index (Phi) is 5.97. The maximum atomic E-state index is 11.6. The summed E-state index contributed by atoms with van der Waals surface area (Å²) in [5.74, 6) is 0.840. The third kappa shape index (κ3) is 5.04. The molecule has 1 aliphatic heterocycles. The molecule has 0 bridgehead atoms. The van der Waals surface area contributed by atoms with Gasteiger partial charge >= 0.3 is 0 Å². The van der Waals surface area contributed by atoms with E-state index in [0.717, 1.165) is 37.7 Å². The van der Waals surface area contributed by atoms with Gasteiger partial charge in [0.1, 0.15) is 5.82 Å². The Bertz CT molecular complexity index is 520. The minimum atomic E-state index is -0.0992. The van der Waals surface area contributed by atoms with E-state index < -0.39 is 0 Å². The molecule has 0 radical (unpaired) electrons. The molecule has 1 fully saturated rings. The van der Waals surface area contributed by atoms with Crippen LogP contribution in [0.5, 0.6) is 0 Å². The number of amides is 1. The van der Waals surface area contributed by atoms with Gasteiger partial charge in [-0.3, -0.25) is 4.79 Å². The van der Waals surface area contributed by atoms with Crippen LogP contribution in [0.1, 0.15) is 12.5 Å². The van der Waals surface area contributed by atoms with E-state index in [0.29, 0.717) is 6.54 Å². The minimum Gasteiger partial charge on any atom is -0.378 e. The fraction of sp³-hybridized carbons (Fsp3) is 0.375. The number of anilines is 1. The lowest BCUT2D eigenvalue weighted by molar-refractivity contribution is -0.116. The highest BCUT2D eigenvalue weighted by Gasteiger charge is 2.12. The van der Waals surface area contributed by atoms with Gasteiger partial charge in [-0.1, -0.05) is 18.2 Å². The molecule has 0 saturated carbocycles. The van der Waals surface area contributed by atoms with Crippen LogP contribution in [0.3, 0.4) is 0 Å². The summed E-state index contributed by atoms with van der Waals surface area (Å²) >= 11 is 0. The van der Waals surface area contributed by atoms with Crippen molar-refractivity contribution in [2.24, 2.45) is 0 Å². The SMILES string of the molecule is C/C=C/C=C/C(=O)NCc1ccnc(N2CCOCC2)c1. The molecule has 0 spiro atoms. The number of hydrogen-bond donors (Lipinski definition) is 1. The molecule has 112 valence electrons. The number of rotatable bonds is 5. The van der Waals surface area contributed by atoms with Crippen LogP contribution >= 0.6 is 0 Å². The summed E-state index contributed by atoms with van der Waals surface area (Å²) in [5, 5.41) is 2.86. The Morgan fingerprint density at radius 1 is 1.43 bits per heavy atom. The summed E-state index contributed by atoms with van der Waals surface area (Å²) in [6, 6.07) is 3.93. The van der Waals surface area contributed by atoms with Crippen molar-refractivity contribution >= 4 is 11.7 Å². The number of allylic oxidation sites excluding steroid dienone is 3. The highest BCUT2D eigenvalue weighted by molar-refractivity contribution is 5.87. The first kappa shape index (κ1) is 15.3. The summed E-state index contributed by atoms with van der Waals surface area (Å²) in [6.45, 7) is 5.59.